The average Bonchev–Trinajstić information content (AvgIpc) is 2.30. The van der Waals surface area contributed by atoms with Crippen molar-refractivity contribution >= 4 is 0 Å². The molecule has 0 nitrogen and oxygen atoms in total. The molecule has 1 unspecified atom stereocenters. The monoisotopic (exact) mass is 341 g/mol. The van der Waals surface area contributed by atoms with Crippen LogP contribution < -0.4 is 21.2 Å². The molecule has 2 rings (SSSR count). The van der Waals surface area contributed by atoms with Gasteiger partial charge in [-0.05, 0) is 0 Å². The molecule has 0 radical (unpaired) electrons. The van der Waals surface area contributed by atoms with Crippen LogP contribution in [0, 0.1) is 14.9 Å². The SMILES string of the molecule is CC(C)(C)C1CC=C([I-]c2ccccc2)CC1. The predicted octanol–water partition coefficient (Wildman–Crippen LogP) is 1.68. The molecule has 0 spiro atoms. The zero-order chi connectivity index (χ0) is 12.3. The molecule has 0 fully saturated rings. The van der Waals surface area contributed by atoms with Gasteiger partial charge in [0.05, 0.1) is 0 Å². The molecule has 0 bridgehead atoms. The summed E-state index contributed by atoms with van der Waals surface area (Å²) in [6, 6.07) is 11.0. The summed E-state index contributed by atoms with van der Waals surface area (Å²) in [5, 5.41) is 0. The number of hydrogen-bond donors (Lipinski definition) is 0. The molecule has 0 N–H and O–H groups in total. The Bertz CT molecular complexity index is 384. The van der Waals surface area contributed by atoms with Gasteiger partial charge in [-0.25, -0.2) is 0 Å². The van der Waals surface area contributed by atoms with Gasteiger partial charge in [0.2, 0.25) is 0 Å². The van der Waals surface area contributed by atoms with E-state index in [1.807, 2.05) is 0 Å². The minimum absolute atomic E-state index is 0.111. The molecule has 94 valence electrons. The second kappa shape index (κ2) is 5.55. The first-order valence-corrected chi connectivity index (χ1v) is 8.60. The Morgan fingerprint density at radius 3 is 2.35 bits per heavy atom. The molecule has 0 aromatic heterocycles. The molecule has 1 aliphatic carbocycles. The summed E-state index contributed by atoms with van der Waals surface area (Å²) in [7, 11) is 0. The van der Waals surface area contributed by atoms with Gasteiger partial charge in [0, 0.05) is 0 Å². The summed E-state index contributed by atoms with van der Waals surface area (Å²) in [6.07, 6.45) is 6.57. The van der Waals surface area contributed by atoms with Gasteiger partial charge in [0.15, 0.2) is 0 Å². The van der Waals surface area contributed by atoms with Crippen molar-refractivity contribution in [2.45, 2.75) is 40.0 Å². The molecular formula is C16H22I-. The van der Waals surface area contributed by atoms with Gasteiger partial charge in [-0.15, -0.1) is 0 Å². The van der Waals surface area contributed by atoms with E-state index in [2.05, 4.69) is 57.2 Å². The Labute approximate surface area is 116 Å². The van der Waals surface area contributed by atoms with E-state index in [0.29, 0.717) is 5.41 Å². The molecule has 0 saturated heterocycles. The Morgan fingerprint density at radius 2 is 1.82 bits per heavy atom. The summed E-state index contributed by atoms with van der Waals surface area (Å²) < 4.78 is 3.31. The number of hydrogen-bond acceptors (Lipinski definition) is 0. The van der Waals surface area contributed by atoms with Crippen LogP contribution in [0.5, 0.6) is 0 Å². The van der Waals surface area contributed by atoms with Crippen molar-refractivity contribution in [1.82, 2.24) is 0 Å². The molecule has 1 aliphatic rings. The minimum atomic E-state index is 0.111. The van der Waals surface area contributed by atoms with Crippen LogP contribution in [0.15, 0.2) is 40.0 Å². The topological polar surface area (TPSA) is 0 Å². The Kier molecular flexibility index (Phi) is 4.29. The van der Waals surface area contributed by atoms with Gasteiger partial charge < -0.3 is 0 Å². The van der Waals surface area contributed by atoms with E-state index in [0.717, 1.165) is 5.92 Å². The zero-order valence-electron chi connectivity index (χ0n) is 11.0. The van der Waals surface area contributed by atoms with E-state index in [1.54, 1.807) is 7.15 Å². The van der Waals surface area contributed by atoms with Gasteiger partial charge >= 0.3 is 116 Å². The van der Waals surface area contributed by atoms with Crippen molar-refractivity contribution in [2.24, 2.45) is 11.3 Å². The van der Waals surface area contributed by atoms with Crippen molar-refractivity contribution in [3.8, 4) is 0 Å². The fourth-order valence-electron chi connectivity index (χ4n) is 2.29. The fraction of sp³-hybridized carbons (Fsp3) is 0.500. The van der Waals surface area contributed by atoms with E-state index in [1.165, 1.54) is 19.3 Å². The summed E-state index contributed by atoms with van der Waals surface area (Å²) in [4.78, 5) is 0. The molecule has 1 heteroatoms. The molecule has 0 aliphatic heterocycles. The molecule has 0 heterocycles. The Morgan fingerprint density at radius 1 is 1.12 bits per heavy atom. The third-order valence-electron chi connectivity index (χ3n) is 3.54. The van der Waals surface area contributed by atoms with Crippen LogP contribution in [-0.4, -0.2) is 0 Å². The second-order valence-electron chi connectivity index (χ2n) is 5.88. The Balaban J connectivity index is 1.96. The quantitative estimate of drug-likeness (QED) is 0.718. The van der Waals surface area contributed by atoms with Crippen LogP contribution in [0.2, 0.25) is 0 Å². The van der Waals surface area contributed by atoms with Crippen molar-refractivity contribution in [2.75, 3.05) is 0 Å². The number of rotatable bonds is 2. The first kappa shape index (κ1) is 13.1. The van der Waals surface area contributed by atoms with Gasteiger partial charge in [0.1, 0.15) is 0 Å². The van der Waals surface area contributed by atoms with Gasteiger partial charge in [-0.3, -0.25) is 0 Å². The predicted molar refractivity (Wildman–Crippen MR) is 70.0 cm³/mol. The zero-order valence-corrected chi connectivity index (χ0v) is 13.2. The molecule has 17 heavy (non-hydrogen) atoms. The first-order valence-electron chi connectivity index (χ1n) is 6.44. The van der Waals surface area contributed by atoms with Crippen molar-refractivity contribution in [1.29, 1.82) is 0 Å². The number of allylic oxidation sites excluding steroid dienone is 2. The maximum atomic E-state index is 2.54. The summed E-state index contributed by atoms with van der Waals surface area (Å²) >= 11 is 0.111. The van der Waals surface area contributed by atoms with E-state index in [-0.39, 0.29) is 21.2 Å². The molecule has 1 aromatic carbocycles. The van der Waals surface area contributed by atoms with Crippen molar-refractivity contribution in [3.05, 3.63) is 43.6 Å². The van der Waals surface area contributed by atoms with Gasteiger partial charge in [-0.1, -0.05) is 0 Å². The summed E-state index contributed by atoms with van der Waals surface area (Å²) in [5.74, 6) is 0.881. The molecule has 1 atom stereocenters. The third kappa shape index (κ3) is 3.84. The fourth-order valence-corrected chi connectivity index (χ4v) is 4.92. The number of halogens is 1. The van der Waals surface area contributed by atoms with Crippen LogP contribution in [0.25, 0.3) is 0 Å². The first-order chi connectivity index (χ1) is 8.05. The molecule has 0 saturated carbocycles. The summed E-state index contributed by atoms with van der Waals surface area (Å²) in [6.45, 7) is 7.13. The van der Waals surface area contributed by atoms with Crippen LogP contribution in [0.4, 0.5) is 0 Å². The number of benzene rings is 1. The van der Waals surface area contributed by atoms with Crippen LogP contribution in [0.1, 0.15) is 40.0 Å². The summed E-state index contributed by atoms with van der Waals surface area (Å²) in [5.41, 5.74) is 0.479. The van der Waals surface area contributed by atoms with Crippen LogP contribution in [-0.2, 0) is 0 Å². The maximum absolute atomic E-state index is 2.54. The van der Waals surface area contributed by atoms with E-state index < -0.39 is 0 Å². The van der Waals surface area contributed by atoms with Crippen molar-refractivity contribution < 1.29 is 21.2 Å². The van der Waals surface area contributed by atoms with Crippen molar-refractivity contribution in [3.63, 3.8) is 0 Å². The molecule has 0 amide bonds. The molecule has 1 aromatic rings. The van der Waals surface area contributed by atoms with Gasteiger partial charge in [-0.2, -0.15) is 0 Å². The molecular weight excluding hydrogens is 319 g/mol. The van der Waals surface area contributed by atoms with E-state index >= 15 is 0 Å². The van der Waals surface area contributed by atoms with Crippen LogP contribution in [0.3, 0.4) is 0 Å². The van der Waals surface area contributed by atoms with Crippen LogP contribution >= 0.6 is 0 Å². The Hall–Kier alpha value is -0.310. The van der Waals surface area contributed by atoms with Gasteiger partial charge in [0.25, 0.3) is 0 Å². The normalized spacial score (nSPS) is 21.4. The van der Waals surface area contributed by atoms with E-state index in [4.69, 9.17) is 0 Å². The van der Waals surface area contributed by atoms with E-state index in [9.17, 15) is 0 Å². The average molecular weight is 341 g/mol. The second-order valence-corrected chi connectivity index (χ2v) is 9.05. The standard InChI is InChI=1S/C16H22I/c1-16(2,3)13-9-11-15(12-10-13)17-14-7-5-4-6-8-14/h4-8,11,13H,9-10,12H2,1-3H3/q-1. The third-order valence-corrected chi connectivity index (χ3v) is 6.56.